The molecule has 0 aliphatic carbocycles. The Morgan fingerprint density at radius 1 is 1.46 bits per heavy atom. The highest BCUT2D eigenvalue weighted by molar-refractivity contribution is 6.31. The van der Waals surface area contributed by atoms with E-state index in [0.29, 0.717) is 17.9 Å². The third kappa shape index (κ3) is 2.83. The second-order valence-corrected chi connectivity index (χ2v) is 3.18. The fourth-order valence-corrected chi connectivity index (χ4v) is 1.43. The molecule has 1 N–H and O–H groups in total. The number of aliphatic hydroxyl groups is 1. The second kappa shape index (κ2) is 5.00. The van der Waals surface area contributed by atoms with Gasteiger partial charge in [-0.05, 0) is 23.6 Å². The Morgan fingerprint density at radius 3 is 2.77 bits per heavy atom. The molecular weight excluding hydrogens is 188 g/mol. The molecule has 0 saturated carbocycles. The van der Waals surface area contributed by atoms with Gasteiger partial charge in [0.05, 0.1) is 0 Å². The smallest absolute Gasteiger partial charge is 0.124 e. The molecule has 3 heteroatoms. The molecule has 0 aliphatic rings. The van der Waals surface area contributed by atoms with Gasteiger partial charge < -0.3 is 9.90 Å². The summed E-state index contributed by atoms with van der Waals surface area (Å²) in [6, 6.07) is 5.46. The average molecular weight is 199 g/mol. The normalized spacial score (nSPS) is 10.0. The first-order valence-electron chi connectivity index (χ1n) is 4.09. The Kier molecular flexibility index (Phi) is 3.93. The quantitative estimate of drug-likeness (QED) is 0.747. The van der Waals surface area contributed by atoms with Crippen molar-refractivity contribution in [3.8, 4) is 0 Å². The molecular formula is C10H11ClO2. The number of halogens is 1. The van der Waals surface area contributed by atoms with E-state index in [1.165, 1.54) is 0 Å². The molecule has 0 fully saturated rings. The molecule has 0 spiro atoms. The van der Waals surface area contributed by atoms with Crippen molar-refractivity contribution in [3.63, 3.8) is 0 Å². The van der Waals surface area contributed by atoms with E-state index in [-0.39, 0.29) is 6.61 Å². The van der Waals surface area contributed by atoms with Crippen molar-refractivity contribution in [1.29, 1.82) is 0 Å². The molecule has 1 aromatic rings. The van der Waals surface area contributed by atoms with E-state index in [9.17, 15) is 4.79 Å². The number of carbonyl (C=O) groups excluding carboxylic acids is 1. The molecule has 0 saturated heterocycles. The highest BCUT2D eigenvalue weighted by Gasteiger charge is 2.00. The number of benzene rings is 1. The Morgan fingerprint density at radius 2 is 2.23 bits per heavy atom. The van der Waals surface area contributed by atoms with Gasteiger partial charge in [-0.1, -0.05) is 23.7 Å². The van der Waals surface area contributed by atoms with Crippen molar-refractivity contribution in [2.75, 3.05) is 6.61 Å². The maximum Gasteiger partial charge on any atom is 0.124 e. The van der Waals surface area contributed by atoms with Crippen LogP contribution in [0.15, 0.2) is 18.2 Å². The van der Waals surface area contributed by atoms with Gasteiger partial charge in [0.15, 0.2) is 0 Å². The van der Waals surface area contributed by atoms with Gasteiger partial charge in [-0.3, -0.25) is 0 Å². The Labute approximate surface area is 82.2 Å². The van der Waals surface area contributed by atoms with Crippen LogP contribution in [0.5, 0.6) is 0 Å². The lowest BCUT2D eigenvalue weighted by molar-refractivity contribution is -0.107. The third-order valence-corrected chi connectivity index (χ3v) is 2.17. The fourth-order valence-electron chi connectivity index (χ4n) is 1.14. The summed E-state index contributed by atoms with van der Waals surface area (Å²) >= 11 is 5.92. The first kappa shape index (κ1) is 10.2. The van der Waals surface area contributed by atoms with Gasteiger partial charge in [-0.25, -0.2) is 0 Å². The maximum atomic E-state index is 10.2. The van der Waals surface area contributed by atoms with Gasteiger partial charge in [0.1, 0.15) is 6.29 Å². The summed E-state index contributed by atoms with van der Waals surface area (Å²) in [5.74, 6) is 0. The predicted octanol–water partition coefficient (Wildman–Crippen LogP) is 1.62. The maximum absolute atomic E-state index is 10.2. The summed E-state index contributed by atoms with van der Waals surface area (Å²) in [5.41, 5.74) is 1.82. The number of hydrogen-bond donors (Lipinski definition) is 1. The summed E-state index contributed by atoms with van der Waals surface area (Å²) in [5, 5.41) is 9.32. The molecule has 0 unspecified atom stereocenters. The second-order valence-electron chi connectivity index (χ2n) is 2.77. The molecule has 0 atom stereocenters. The minimum absolute atomic E-state index is 0.0900. The summed E-state index contributed by atoms with van der Waals surface area (Å²) in [4.78, 5) is 10.2. The number of hydrogen-bond acceptors (Lipinski definition) is 2. The number of aldehydes is 1. The standard InChI is InChI=1S/C10H11ClO2/c11-10-7-8(3-5-12)1-2-9(10)4-6-13/h1-2,5,7,13H,3-4,6H2. The monoisotopic (exact) mass is 198 g/mol. The molecule has 1 aromatic carbocycles. The molecule has 13 heavy (non-hydrogen) atoms. The Balaban J connectivity index is 2.84. The zero-order valence-corrected chi connectivity index (χ0v) is 7.92. The van der Waals surface area contributed by atoms with Crippen LogP contribution in [0.4, 0.5) is 0 Å². The van der Waals surface area contributed by atoms with Gasteiger partial charge in [0.25, 0.3) is 0 Å². The molecule has 0 amide bonds. The summed E-state index contributed by atoms with van der Waals surface area (Å²) in [7, 11) is 0. The molecule has 1 rings (SSSR count). The predicted molar refractivity (Wildman–Crippen MR) is 52.0 cm³/mol. The van der Waals surface area contributed by atoms with Crippen LogP contribution in [-0.2, 0) is 17.6 Å². The third-order valence-electron chi connectivity index (χ3n) is 1.82. The van der Waals surface area contributed by atoms with Crippen LogP contribution in [-0.4, -0.2) is 18.0 Å². The van der Waals surface area contributed by atoms with Crippen LogP contribution in [0.2, 0.25) is 5.02 Å². The van der Waals surface area contributed by atoms with Gasteiger partial charge in [-0.15, -0.1) is 0 Å². The number of carbonyl (C=O) groups is 1. The van der Waals surface area contributed by atoms with E-state index in [0.717, 1.165) is 17.4 Å². The summed E-state index contributed by atoms with van der Waals surface area (Å²) in [6.45, 7) is 0.0900. The molecule has 0 heterocycles. The lowest BCUT2D eigenvalue weighted by Crippen LogP contribution is -1.93. The van der Waals surface area contributed by atoms with Gasteiger partial charge in [0.2, 0.25) is 0 Å². The lowest BCUT2D eigenvalue weighted by Gasteiger charge is -2.03. The topological polar surface area (TPSA) is 37.3 Å². The van der Waals surface area contributed by atoms with Crippen LogP contribution in [0.3, 0.4) is 0 Å². The summed E-state index contributed by atoms with van der Waals surface area (Å²) in [6.07, 6.45) is 1.79. The summed E-state index contributed by atoms with van der Waals surface area (Å²) < 4.78 is 0. The SMILES string of the molecule is O=CCc1ccc(CCO)c(Cl)c1. The fraction of sp³-hybridized carbons (Fsp3) is 0.300. The first-order valence-corrected chi connectivity index (χ1v) is 4.47. The molecule has 0 aromatic heterocycles. The Bertz CT molecular complexity index is 297. The first-order chi connectivity index (χ1) is 6.27. The highest BCUT2D eigenvalue weighted by Crippen LogP contribution is 2.18. The largest absolute Gasteiger partial charge is 0.396 e. The molecule has 70 valence electrons. The minimum Gasteiger partial charge on any atom is -0.396 e. The van der Waals surface area contributed by atoms with Crippen molar-refractivity contribution in [3.05, 3.63) is 34.3 Å². The van der Waals surface area contributed by atoms with E-state index in [4.69, 9.17) is 16.7 Å². The van der Waals surface area contributed by atoms with Crippen molar-refractivity contribution < 1.29 is 9.90 Å². The molecule has 0 radical (unpaired) electrons. The molecule has 0 bridgehead atoms. The number of rotatable bonds is 4. The van der Waals surface area contributed by atoms with Crippen molar-refractivity contribution in [2.45, 2.75) is 12.8 Å². The zero-order valence-electron chi connectivity index (χ0n) is 7.16. The van der Waals surface area contributed by atoms with Gasteiger partial charge in [-0.2, -0.15) is 0 Å². The minimum atomic E-state index is 0.0900. The average Bonchev–Trinajstić information content (AvgIpc) is 2.10. The molecule has 0 aliphatic heterocycles. The van der Waals surface area contributed by atoms with Crippen molar-refractivity contribution in [1.82, 2.24) is 0 Å². The Hall–Kier alpha value is -0.860. The van der Waals surface area contributed by atoms with E-state index in [2.05, 4.69) is 0 Å². The zero-order chi connectivity index (χ0) is 9.68. The van der Waals surface area contributed by atoms with Crippen LogP contribution >= 0.6 is 11.6 Å². The van der Waals surface area contributed by atoms with E-state index < -0.39 is 0 Å². The van der Waals surface area contributed by atoms with Crippen LogP contribution in [0.25, 0.3) is 0 Å². The van der Waals surface area contributed by atoms with E-state index in [1.54, 1.807) is 6.07 Å². The van der Waals surface area contributed by atoms with Crippen LogP contribution in [0.1, 0.15) is 11.1 Å². The van der Waals surface area contributed by atoms with Crippen molar-refractivity contribution >= 4 is 17.9 Å². The van der Waals surface area contributed by atoms with Crippen LogP contribution in [0, 0.1) is 0 Å². The highest BCUT2D eigenvalue weighted by atomic mass is 35.5. The van der Waals surface area contributed by atoms with E-state index in [1.807, 2.05) is 12.1 Å². The lowest BCUT2D eigenvalue weighted by atomic mass is 10.1. The van der Waals surface area contributed by atoms with Crippen molar-refractivity contribution in [2.24, 2.45) is 0 Å². The van der Waals surface area contributed by atoms with Gasteiger partial charge in [0, 0.05) is 18.1 Å². The number of aliphatic hydroxyl groups excluding tert-OH is 1. The van der Waals surface area contributed by atoms with Gasteiger partial charge >= 0.3 is 0 Å². The van der Waals surface area contributed by atoms with Crippen LogP contribution < -0.4 is 0 Å². The van der Waals surface area contributed by atoms with E-state index >= 15 is 0 Å². The molecule has 2 nitrogen and oxygen atoms in total.